The van der Waals surface area contributed by atoms with Gasteiger partial charge in [0.25, 0.3) is 11.8 Å². The van der Waals surface area contributed by atoms with Crippen LogP contribution in [-0.2, 0) is 16.1 Å². The van der Waals surface area contributed by atoms with Crippen LogP contribution in [0.3, 0.4) is 0 Å². The van der Waals surface area contributed by atoms with Gasteiger partial charge in [-0.15, -0.1) is 0 Å². The number of fused-ring (bicyclic) bond motifs is 1. The van der Waals surface area contributed by atoms with Crippen LogP contribution in [0.25, 0.3) is 11.6 Å². The lowest BCUT2D eigenvalue weighted by Gasteiger charge is -2.09. The highest BCUT2D eigenvalue weighted by Crippen LogP contribution is 2.36. The van der Waals surface area contributed by atoms with Gasteiger partial charge in [0.1, 0.15) is 5.82 Å². The number of benzene rings is 2. The van der Waals surface area contributed by atoms with Crippen LogP contribution in [-0.4, -0.2) is 40.5 Å². The fourth-order valence-electron chi connectivity index (χ4n) is 4.16. The Labute approximate surface area is 216 Å². The molecule has 0 aliphatic carbocycles. The monoisotopic (exact) mass is 520 g/mol. The minimum Gasteiger partial charge on any atom is -0.462 e. The number of aryl methyl sites for hydroxylation is 1. The predicted molar refractivity (Wildman–Crippen MR) is 138 cm³/mol. The lowest BCUT2D eigenvalue weighted by atomic mass is 10.0. The average molecular weight is 521 g/mol. The lowest BCUT2D eigenvalue weighted by molar-refractivity contribution is -0.110. The number of aromatic nitrogens is 1. The van der Waals surface area contributed by atoms with Crippen molar-refractivity contribution in [3.63, 3.8) is 0 Å². The van der Waals surface area contributed by atoms with E-state index in [0.717, 1.165) is 6.07 Å². The number of aliphatic hydroxyl groups excluding tert-OH is 1. The van der Waals surface area contributed by atoms with Gasteiger partial charge in [0.05, 0.1) is 35.6 Å². The number of aromatic amines is 1. The van der Waals surface area contributed by atoms with E-state index in [1.54, 1.807) is 39.0 Å². The summed E-state index contributed by atoms with van der Waals surface area (Å²) < 4.78 is 19.2. The zero-order valence-electron chi connectivity index (χ0n) is 20.8. The van der Waals surface area contributed by atoms with Crippen molar-refractivity contribution in [1.29, 1.82) is 0 Å². The lowest BCUT2D eigenvalue weighted by Crippen LogP contribution is -2.34. The SMILES string of the molecule is CCOC(=O)c1c(C)[nH]c(C=C2C(=O)Nc3cc(NC(=O)NC(=O)c4ccc(CO)cc4F)ccc32)c1C. The van der Waals surface area contributed by atoms with Crippen molar-refractivity contribution in [2.75, 3.05) is 17.2 Å². The zero-order chi connectivity index (χ0) is 27.6. The Bertz CT molecular complexity index is 1510. The van der Waals surface area contributed by atoms with Crippen molar-refractivity contribution in [3.8, 4) is 0 Å². The zero-order valence-corrected chi connectivity index (χ0v) is 20.8. The Kier molecular flexibility index (Phi) is 7.40. The van der Waals surface area contributed by atoms with E-state index in [2.05, 4.69) is 15.6 Å². The molecule has 1 aromatic heterocycles. The van der Waals surface area contributed by atoms with Crippen LogP contribution in [0, 0.1) is 19.7 Å². The highest BCUT2D eigenvalue weighted by atomic mass is 19.1. The van der Waals surface area contributed by atoms with Crippen molar-refractivity contribution in [1.82, 2.24) is 10.3 Å². The number of ether oxygens (including phenoxy) is 1. The van der Waals surface area contributed by atoms with E-state index in [1.807, 2.05) is 5.32 Å². The van der Waals surface area contributed by atoms with Crippen molar-refractivity contribution < 1.29 is 33.4 Å². The first-order valence-electron chi connectivity index (χ1n) is 11.7. The van der Waals surface area contributed by atoms with Crippen LogP contribution >= 0.6 is 0 Å². The summed E-state index contributed by atoms with van der Waals surface area (Å²) >= 11 is 0. The van der Waals surface area contributed by atoms with E-state index in [0.29, 0.717) is 39.3 Å². The molecule has 2 aromatic carbocycles. The van der Waals surface area contributed by atoms with Crippen LogP contribution in [0.5, 0.6) is 0 Å². The third-order valence-corrected chi connectivity index (χ3v) is 5.99. The number of aliphatic hydroxyl groups is 1. The second kappa shape index (κ2) is 10.7. The molecule has 0 atom stereocenters. The van der Waals surface area contributed by atoms with E-state index in [-0.39, 0.29) is 35.9 Å². The summed E-state index contributed by atoms with van der Waals surface area (Å²) in [6.45, 7) is 5.09. The summed E-state index contributed by atoms with van der Waals surface area (Å²) in [5.41, 5.74) is 3.86. The predicted octanol–water partition coefficient (Wildman–Crippen LogP) is 3.89. The molecule has 0 radical (unpaired) electrons. The molecule has 4 rings (SSSR count). The number of H-pyrrole nitrogens is 1. The highest BCUT2D eigenvalue weighted by Gasteiger charge is 2.26. The van der Waals surface area contributed by atoms with Crippen molar-refractivity contribution >= 4 is 46.8 Å². The quantitative estimate of drug-likeness (QED) is 0.246. The van der Waals surface area contributed by atoms with Crippen molar-refractivity contribution in [2.24, 2.45) is 0 Å². The number of nitrogens with one attached hydrogen (secondary N) is 4. The van der Waals surface area contributed by atoms with Crippen LogP contribution in [0.4, 0.5) is 20.6 Å². The number of hydrogen-bond donors (Lipinski definition) is 5. The number of halogens is 1. The molecule has 0 unspecified atom stereocenters. The van der Waals surface area contributed by atoms with E-state index < -0.39 is 23.7 Å². The molecule has 4 amide bonds. The Hall–Kier alpha value is -4.77. The highest BCUT2D eigenvalue weighted by molar-refractivity contribution is 6.35. The van der Waals surface area contributed by atoms with Gasteiger partial charge in [-0.3, -0.25) is 14.9 Å². The molecule has 38 heavy (non-hydrogen) atoms. The molecular formula is C27H25FN4O6. The molecule has 1 aliphatic rings. The molecule has 11 heteroatoms. The van der Waals surface area contributed by atoms with Crippen LogP contribution in [0.1, 0.15) is 55.7 Å². The van der Waals surface area contributed by atoms with Gasteiger partial charge in [-0.05, 0) is 62.2 Å². The van der Waals surface area contributed by atoms with Gasteiger partial charge in [0.2, 0.25) is 0 Å². The van der Waals surface area contributed by atoms with E-state index >= 15 is 0 Å². The molecule has 0 saturated carbocycles. The molecule has 0 bridgehead atoms. The summed E-state index contributed by atoms with van der Waals surface area (Å²) in [5.74, 6) is -2.65. The number of amides is 4. The summed E-state index contributed by atoms with van der Waals surface area (Å²) in [4.78, 5) is 52.7. The molecule has 196 valence electrons. The normalized spacial score (nSPS) is 13.2. The van der Waals surface area contributed by atoms with E-state index in [4.69, 9.17) is 9.84 Å². The Morgan fingerprint density at radius 1 is 1.13 bits per heavy atom. The molecule has 0 spiro atoms. The number of carbonyl (C=O) groups excluding carboxylic acids is 4. The number of rotatable bonds is 6. The molecule has 0 saturated heterocycles. The fourth-order valence-corrected chi connectivity index (χ4v) is 4.16. The van der Waals surface area contributed by atoms with Gasteiger partial charge in [-0.2, -0.15) is 0 Å². The largest absolute Gasteiger partial charge is 0.462 e. The maximum atomic E-state index is 14.1. The Morgan fingerprint density at radius 2 is 1.89 bits per heavy atom. The topological polar surface area (TPSA) is 150 Å². The number of imide groups is 1. The molecule has 2 heterocycles. The molecule has 0 fully saturated rings. The second-order valence-electron chi connectivity index (χ2n) is 8.54. The van der Waals surface area contributed by atoms with E-state index in [1.165, 1.54) is 18.2 Å². The summed E-state index contributed by atoms with van der Waals surface area (Å²) in [5, 5.41) is 16.3. The number of esters is 1. The maximum Gasteiger partial charge on any atom is 0.340 e. The Morgan fingerprint density at radius 3 is 2.58 bits per heavy atom. The number of hydrogen-bond acceptors (Lipinski definition) is 6. The van der Waals surface area contributed by atoms with Gasteiger partial charge in [0.15, 0.2) is 0 Å². The first-order valence-corrected chi connectivity index (χ1v) is 11.7. The smallest absolute Gasteiger partial charge is 0.340 e. The van der Waals surface area contributed by atoms with Crippen LogP contribution < -0.4 is 16.0 Å². The molecule has 10 nitrogen and oxygen atoms in total. The number of urea groups is 1. The van der Waals surface area contributed by atoms with Gasteiger partial charge in [0, 0.05) is 22.6 Å². The second-order valence-corrected chi connectivity index (χ2v) is 8.54. The first-order chi connectivity index (χ1) is 18.1. The number of anilines is 2. The van der Waals surface area contributed by atoms with Gasteiger partial charge in [-0.25, -0.2) is 14.0 Å². The standard InChI is InChI=1S/C27H25FN4O6/c1-4-38-26(36)23-13(2)21(29-14(23)3)11-19-17-8-6-16(10-22(17)31-25(19)35)30-27(37)32-24(34)18-7-5-15(12-33)9-20(18)28/h5-11,29,33H,4,12H2,1-3H3,(H,31,35)(H2,30,32,34,37). The minimum atomic E-state index is -0.956. The van der Waals surface area contributed by atoms with Crippen LogP contribution in [0.15, 0.2) is 36.4 Å². The molecule has 5 N–H and O–H groups in total. The molecular weight excluding hydrogens is 495 g/mol. The third-order valence-electron chi connectivity index (χ3n) is 5.99. The van der Waals surface area contributed by atoms with Crippen molar-refractivity contribution in [3.05, 3.63) is 81.4 Å². The summed E-state index contributed by atoms with van der Waals surface area (Å²) in [7, 11) is 0. The third kappa shape index (κ3) is 5.18. The maximum absolute atomic E-state index is 14.1. The first kappa shape index (κ1) is 26.3. The van der Waals surface area contributed by atoms with E-state index in [9.17, 15) is 23.6 Å². The van der Waals surface area contributed by atoms with Crippen LogP contribution in [0.2, 0.25) is 0 Å². The molecule has 1 aliphatic heterocycles. The summed E-state index contributed by atoms with van der Waals surface area (Å²) in [6, 6.07) is 7.35. The fraction of sp³-hybridized carbons (Fsp3) is 0.185. The van der Waals surface area contributed by atoms with Gasteiger partial charge < -0.3 is 25.5 Å². The van der Waals surface area contributed by atoms with Gasteiger partial charge >= 0.3 is 12.0 Å². The van der Waals surface area contributed by atoms with Gasteiger partial charge in [-0.1, -0.05) is 12.1 Å². The average Bonchev–Trinajstić information content (AvgIpc) is 3.32. The molecule has 3 aromatic rings. The number of carbonyl (C=O) groups is 4. The minimum absolute atomic E-state index is 0.242. The Balaban J connectivity index is 1.51. The summed E-state index contributed by atoms with van der Waals surface area (Å²) in [6.07, 6.45) is 1.64. The van der Waals surface area contributed by atoms with Crippen molar-refractivity contribution in [2.45, 2.75) is 27.4 Å².